The molecular weight excluding hydrogens is 295 g/mol. The number of amides is 1. The number of carbonyl (C=O) groups is 1. The van der Waals surface area contributed by atoms with Crippen LogP contribution in [0.5, 0.6) is 0 Å². The van der Waals surface area contributed by atoms with Crippen LogP contribution in [-0.2, 0) is 6.42 Å². The van der Waals surface area contributed by atoms with Crippen molar-refractivity contribution >= 4 is 34.8 Å². The molecule has 0 radical (unpaired) electrons. The molecule has 0 aliphatic rings. The lowest BCUT2D eigenvalue weighted by Gasteiger charge is -2.12. The Morgan fingerprint density at radius 1 is 1.30 bits per heavy atom. The third-order valence-electron chi connectivity index (χ3n) is 3.02. The van der Waals surface area contributed by atoms with Gasteiger partial charge in [0.2, 0.25) is 0 Å². The highest BCUT2D eigenvalue weighted by atomic mass is 35.5. The number of nitrogens with one attached hydrogen (secondary N) is 1. The first-order chi connectivity index (χ1) is 9.52. The molecule has 0 aliphatic carbocycles. The largest absolute Gasteiger partial charge is 0.319 e. The number of aryl methyl sites for hydroxylation is 2. The van der Waals surface area contributed by atoms with Crippen molar-refractivity contribution in [1.29, 1.82) is 0 Å². The van der Waals surface area contributed by atoms with Gasteiger partial charge in [-0.25, -0.2) is 4.98 Å². The summed E-state index contributed by atoms with van der Waals surface area (Å²) in [5.41, 5.74) is 2.89. The zero-order valence-electron chi connectivity index (χ0n) is 11.2. The normalized spacial score (nSPS) is 10.4. The molecule has 2 rings (SSSR count). The predicted octanol–water partition coefficient (Wildman–Crippen LogP) is 4.51. The third kappa shape index (κ3) is 3.11. The average Bonchev–Trinajstić information content (AvgIpc) is 2.42. The smallest absolute Gasteiger partial charge is 0.256 e. The van der Waals surface area contributed by atoms with Crippen LogP contribution < -0.4 is 5.32 Å². The zero-order chi connectivity index (χ0) is 14.7. The van der Waals surface area contributed by atoms with Crippen molar-refractivity contribution in [2.75, 3.05) is 5.32 Å². The molecule has 1 amide bonds. The number of anilines is 1. The van der Waals surface area contributed by atoms with Gasteiger partial charge in [0, 0.05) is 5.56 Å². The van der Waals surface area contributed by atoms with Crippen molar-refractivity contribution in [1.82, 2.24) is 4.98 Å². The Balaban J connectivity index is 2.33. The van der Waals surface area contributed by atoms with E-state index in [1.165, 1.54) is 0 Å². The Morgan fingerprint density at radius 2 is 2.00 bits per heavy atom. The SMILES string of the molecule is CCc1ccccc1C(=O)Nc1c(C)cc(Cl)nc1Cl. The molecule has 0 fully saturated rings. The van der Waals surface area contributed by atoms with E-state index in [4.69, 9.17) is 23.2 Å². The highest BCUT2D eigenvalue weighted by Crippen LogP contribution is 2.27. The second-order valence-electron chi connectivity index (χ2n) is 4.39. The minimum Gasteiger partial charge on any atom is -0.319 e. The number of hydrogen-bond acceptors (Lipinski definition) is 2. The molecule has 0 bridgehead atoms. The van der Waals surface area contributed by atoms with Gasteiger partial charge in [0.1, 0.15) is 5.15 Å². The number of pyridine rings is 1. The third-order valence-corrected chi connectivity index (χ3v) is 3.49. The summed E-state index contributed by atoms with van der Waals surface area (Å²) in [6, 6.07) is 9.14. The Morgan fingerprint density at radius 3 is 2.65 bits per heavy atom. The lowest BCUT2D eigenvalue weighted by Crippen LogP contribution is -2.15. The van der Waals surface area contributed by atoms with Crippen LogP contribution in [0.3, 0.4) is 0 Å². The molecule has 1 aromatic carbocycles. The van der Waals surface area contributed by atoms with Crippen molar-refractivity contribution in [2.45, 2.75) is 20.3 Å². The van der Waals surface area contributed by atoms with Crippen molar-refractivity contribution in [3.8, 4) is 0 Å². The van der Waals surface area contributed by atoms with Gasteiger partial charge in [-0.3, -0.25) is 4.79 Å². The molecule has 2 aromatic rings. The molecule has 3 nitrogen and oxygen atoms in total. The van der Waals surface area contributed by atoms with Gasteiger partial charge in [-0.15, -0.1) is 0 Å². The van der Waals surface area contributed by atoms with Crippen LogP contribution in [0.2, 0.25) is 10.3 Å². The number of hydrogen-bond donors (Lipinski definition) is 1. The Labute approximate surface area is 127 Å². The molecule has 5 heteroatoms. The van der Waals surface area contributed by atoms with Gasteiger partial charge in [0.25, 0.3) is 5.91 Å². The first-order valence-corrected chi connectivity index (χ1v) is 7.00. The summed E-state index contributed by atoms with van der Waals surface area (Å²) in [4.78, 5) is 16.3. The summed E-state index contributed by atoms with van der Waals surface area (Å²) in [5.74, 6) is -0.198. The Hall–Kier alpha value is -1.58. The molecule has 1 N–H and O–H groups in total. The fourth-order valence-electron chi connectivity index (χ4n) is 1.98. The fraction of sp³-hybridized carbons (Fsp3) is 0.200. The molecule has 0 saturated carbocycles. The van der Waals surface area contributed by atoms with E-state index in [2.05, 4.69) is 10.3 Å². The van der Waals surface area contributed by atoms with Crippen LogP contribution in [0.25, 0.3) is 0 Å². The second-order valence-corrected chi connectivity index (χ2v) is 5.14. The maximum Gasteiger partial charge on any atom is 0.256 e. The number of aromatic nitrogens is 1. The molecule has 0 atom stereocenters. The van der Waals surface area contributed by atoms with E-state index in [0.29, 0.717) is 16.4 Å². The Bertz CT molecular complexity index is 633. The number of carbonyl (C=O) groups excluding carboxylic acids is 1. The van der Waals surface area contributed by atoms with E-state index in [-0.39, 0.29) is 11.1 Å². The molecule has 20 heavy (non-hydrogen) atoms. The van der Waals surface area contributed by atoms with E-state index in [1.807, 2.05) is 32.0 Å². The molecule has 0 spiro atoms. The fourth-order valence-corrected chi connectivity index (χ4v) is 2.56. The first kappa shape index (κ1) is 14.8. The van der Waals surface area contributed by atoms with Crippen molar-refractivity contribution < 1.29 is 4.79 Å². The van der Waals surface area contributed by atoms with E-state index in [9.17, 15) is 4.79 Å². The second kappa shape index (κ2) is 6.25. The standard InChI is InChI=1S/C15H14Cl2N2O/c1-3-10-6-4-5-7-11(10)15(20)19-13-9(2)8-12(16)18-14(13)17/h4-8H,3H2,1-2H3,(H,19,20). The maximum absolute atomic E-state index is 12.4. The van der Waals surface area contributed by atoms with Gasteiger partial charge in [0.15, 0.2) is 5.15 Å². The van der Waals surface area contributed by atoms with Crippen molar-refractivity contribution in [3.05, 3.63) is 57.3 Å². The monoisotopic (exact) mass is 308 g/mol. The minimum absolute atomic E-state index is 0.192. The zero-order valence-corrected chi connectivity index (χ0v) is 12.7. The lowest BCUT2D eigenvalue weighted by atomic mass is 10.0. The molecule has 1 aromatic heterocycles. The number of halogens is 2. The van der Waals surface area contributed by atoms with Gasteiger partial charge in [-0.1, -0.05) is 48.3 Å². The average molecular weight is 309 g/mol. The number of nitrogens with zero attached hydrogens (tertiary/aromatic N) is 1. The molecule has 0 unspecified atom stereocenters. The summed E-state index contributed by atoms with van der Waals surface area (Å²) in [5, 5.41) is 3.30. The van der Waals surface area contributed by atoms with E-state index >= 15 is 0 Å². The minimum atomic E-state index is -0.198. The summed E-state index contributed by atoms with van der Waals surface area (Å²) in [7, 11) is 0. The number of benzene rings is 1. The summed E-state index contributed by atoms with van der Waals surface area (Å²) in [6.07, 6.45) is 0.787. The van der Waals surface area contributed by atoms with Crippen LogP contribution in [0.1, 0.15) is 28.4 Å². The highest BCUT2D eigenvalue weighted by Gasteiger charge is 2.14. The van der Waals surface area contributed by atoms with Gasteiger partial charge < -0.3 is 5.32 Å². The molecule has 0 aliphatic heterocycles. The summed E-state index contributed by atoms with van der Waals surface area (Å²) in [6.45, 7) is 3.83. The Kier molecular flexibility index (Phi) is 4.63. The van der Waals surface area contributed by atoms with Gasteiger partial charge in [-0.2, -0.15) is 0 Å². The van der Waals surface area contributed by atoms with Crippen LogP contribution in [0.15, 0.2) is 30.3 Å². The number of rotatable bonds is 3. The summed E-state index contributed by atoms with van der Waals surface area (Å²) >= 11 is 11.8. The lowest BCUT2D eigenvalue weighted by molar-refractivity contribution is 0.102. The molecular formula is C15H14Cl2N2O. The van der Waals surface area contributed by atoms with E-state index in [0.717, 1.165) is 17.5 Å². The topological polar surface area (TPSA) is 42.0 Å². The van der Waals surface area contributed by atoms with Crippen LogP contribution in [0.4, 0.5) is 5.69 Å². The first-order valence-electron chi connectivity index (χ1n) is 6.24. The van der Waals surface area contributed by atoms with Gasteiger partial charge >= 0.3 is 0 Å². The van der Waals surface area contributed by atoms with Crippen LogP contribution in [-0.4, -0.2) is 10.9 Å². The quantitative estimate of drug-likeness (QED) is 0.848. The molecule has 0 saturated heterocycles. The predicted molar refractivity (Wildman–Crippen MR) is 82.8 cm³/mol. The van der Waals surface area contributed by atoms with Gasteiger partial charge in [-0.05, 0) is 36.6 Å². The van der Waals surface area contributed by atoms with E-state index < -0.39 is 0 Å². The highest BCUT2D eigenvalue weighted by molar-refractivity contribution is 6.35. The maximum atomic E-state index is 12.4. The van der Waals surface area contributed by atoms with Crippen molar-refractivity contribution in [2.24, 2.45) is 0 Å². The molecule has 104 valence electrons. The van der Waals surface area contributed by atoms with Crippen LogP contribution in [0, 0.1) is 6.92 Å². The van der Waals surface area contributed by atoms with Crippen LogP contribution >= 0.6 is 23.2 Å². The summed E-state index contributed by atoms with van der Waals surface area (Å²) < 4.78 is 0. The van der Waals surface area contributed by atoms with E-state index in [1.54, 1.807) is 12.1 Å². The molecule has 1 heterocycles. The van der Waals surface area contributed by atoms with Crippen molar-refractivity contribution in [3.63, 3.8) is 0 Å². The van der Waals surface area contributed by atoms with Gasteiger partial charge in [0.05, 0.1) is 5.69 Å².